The van der Waals surface area contributed by atoms with Gasteiger partial charge in [0.15, 0.2) is 5.65 Å². The van der Waals surface area contributed by atoms with E-state index in [2.05, 4.69) is 19.9 Å². The minimum Gasteiger partial charge on any atom is -0.396 e. The smallest absolute Gasteiger partial charge is 0.160 e. The Morgan fingerprint density at radius 2 is 2.37 bits per heavy atom. The first kappa shape index (κ1) is 12.6. The van der Waals surface area contributed by atoms with Crippen LogP contribution < -0.4 is 5.32 Å². The van der Waals surface area contributed by atoms with Gasteiger partial charge in [-0.05, 0) is 31.5 Å². The zero-order chi connectivity index (χ0) is 13.1. The number of aliphatic hydroxyl groups excluding tert-OH is 1. The molecule has 0 bridgehead atoms. The predicted octanol–water partition coefficient (Wildman–Crippen LogP) is 1.11. The van der Waals surface area contributed by atoms with E-state index in [-0.39, 0.29) is 6.61 Å². The molecule has 1 aliphatic heterocycles. The number of aliphatic hydroxyl groups is 1. The van der Waals surface area contributed by atoms with Gasteiger partial charge in [-0.2, -0.15) is 0 Å². The molecule has 0 radical (unpaired) electrons. The maximum atomic E-state index is 9.19. The average Bonchev–Trinajstić information content (AvgIpc) is 2.79. The van der Waals surface area contributed by atoms with E-state index in [1.54, 1.807) is 6.20 Å². The Bertz CT molecular complexity index is 545. The molecule has 5 nitrogen and oxygen atoms in total. The lowest BCUT2D eigenvalue weighted by molar-refractivity contribution is 0.292. The van der Waals surface area contributed by atoms with Crippen LogP contribution in [0.3, 0.4) is 0 Å². The topological polar surface area (TPSA) is 63.0 Å². The van der Waals surface area contributed by atoms with Crippen LogP contribution in [0.1, 0.15) is 25.1 Å². The molecule has 1 fully saturated rings. The van der Waals surface area contributed by atoms with Crippen molar-refractivity contribution in [3.8, 4) is 0 Å². The lowest BCUT2D eigenvalue weighted by Crippen LogP contribution is -2.37. The van der Waals surface area contributed by atoms with E-state index in [0.717, 1.165) is 30.1 Å². The Morgan fingerprint density at radius 1 is 1.42 bits per heavy atom. The van der Waals surface area contributed by atoms with Crippen LogP contribution in [0.15, 0.2) is 18.3 Å². The SMILES string of the molecule is OCCc1nc2cccnc2n1CC1CCCCN1. The van der Waals surface area contributed by atoms with E-state index in [1.165, 1.54) is 19.3 Å². The van der Waals surface area contributed by atoms with Crippen LogP contribution in [0.25, 0.3) is 11.2 Å². The Labute approximate surface area is 112 Å². The van der Waals surface area contributed by atoms with Crippen LogP contribution in [0, 0.1) is 0 Å². The number of hydrogen-bond donors (Lipinski definition) is 2. The molecule has 0 aromatic carbocycles. The second kappa shape index (κ2) is 5.67. The summed E-state index contributed by atoms with van der Waals surface area (Å²) in [6.07, 6.45) is 6.14. The Morgan fingerprint density at radius 3 is 3.16 bits per heavy atom. The summed E-state index contributed by atoms with van der Waals surface area (Å²) in [5.74, 6) is 0.934. The molecule has 2 N–H and O–H groups in total. The van der Waals surface area contributed by atoms with Crippen LogP contribution in [-0.4, -0.2) is 38.8 Å². The van der Waals surface area contributed by atoms with Crippen LogP contribution in [-0.2, 0) is 13.0 Å². The molecule has 3 heterocycles. The molecule has 1 aliphatic rings. The summed E-state index contributed by atoms with van der Waals surface area (Å²) < 4.78 is 2.16. The highest BCUT2D eigenvalue weighted by molar-refractivity contribution is 5.71. The van der Waals surface area contributed by atoms with Crippen LogP contribution in [0.4, 0.5) is 0 Å². The van der Waals surface area contributed by atoms with Gasteiger partial charge in [0.05, 0.1) is 6.61 Å². The molecule has 1 atom stereocenters. The number of rotatable bonds is 4. The zero-order valence-electron chi connectivity index (χ0n) is 11.0. The van der Waals surface area contributed by atoms with E-state index in [0.29, 0.717) is 12.5 Å². The number of nitrogens with one attached hydrogen (secondary N) is 1. The third-order valence-electron chi connectivity index (χ3n) is 3.73. The van der Waals surface area contributed by atoms with E-state index in [4.69, 9.17) is 0 Å². The van der Waals surface area contributed by atoms with Gasteiger partial charge in [0.1, 0.15) is 11.3 Å². The molecule has 0 saturated carbocycles. The fourth-order valence-corrected chi connectivity index (χ4v) is 2.79. The third-order valence-corrected chi connectivity index (χ3v) is 3.73. The lowest BCUT2D eigenvalue weighted by atomic mass is 10.1. The fraction of sp³-hybridized carbons (Fsp3) is 0.571. The van der Waals surface area contributed by atoms with Gasteiger partial charge in [0.2, 0.25) is 0 Å². The zero-order valence-corrected chi connectivity index (χ0v) is 11.0. The molecule has 2 aromatic rings. The van der Waals surface area contributed by atoms with Gasteiger partial charge in [-0.3, -0.25) is 0 Å². The van der Waals surface area contributed by atoms with Gasteiger partial charge < -0.3 is 15.0 Å². The molecule has 0 amide bonds. The van der Waals surface area contributed by atoms with Crippen molar-refractivity contribution < 1.29 is 5.11 Å². The first-order chi connectivity index (χ1) is 9.38. The highest BCUT2D eigenvalue weighted by atomic mass is 16.3. The lowest BCUT2D eigenvalue weighted by Gasteiger charge is -2.24. The number of aromatic nitrogens is 3. The molecule has 1 saturated heterocycles. The standard InChI is InChI=1S/C14H20N4O/c19-9-6-13-17-12-5-3-8-16-14(12)18(13)10-11-4-1-2-7-15-11/h3,5,8,11,15,19H,1-2,4,6-7,9-10H2. The molecule has 1 unspecified atom stereocenters. The maximum Gasteiger partial charge on any atom is 0.160 e. The molecule has 2 aromatic heterocycles. The van der Waals surface area contributed by atoms with Crippen molar-refractivity contribution in [1.82, 2.24) is 19.9 Å². The summed E-state index contributed by atoms with van der Waals surface area (Å²) in [5.41, 5.74) is 1.85. The Balaban J connectivity index is 1.92. The number of pyridine rings is 1. The molecular weight excluding hydrogens is 240 g/mol. The van der Waals surface area contributed by atoms with Gasteiger partial charge in [0.25, 0.3) is 0 Å². The maximum absolute atomic E-state index is 9.19. The molecule has 19 heavy (non-hydrogen) atoms. The van der Waals surface area contributed by atoms with Crippen LogP contribution >= 0.6 is 0 Å². The van der Waals surface area contributed by atoms with Crippen molar-refractivity contribution in [3.05, 3.63) is 24.2 Å². The molecule has 3 rings (SSSR count). The summed E-state index contributed by atoms with van der Waals surface area (Å²) in [7, 11) is 0. The van der Waals surface area contributed by atoms with E-state index >= 15 is 0 Å². The monoisotopic (exact) mass is 260 g/mol. The van der Waals surface area contributed by atoms with Gasteiger partial charge >= 0.3 is 0 Å². The summed E-state index contributed by atoms with van der Waals surface area (Å²) in [5, 5.41) is 12.7. The highest BCUT2D eigenvalue weighted by Gasteiger charge is 2.17. The number of nitrogens with zero attached hydrogens (tertiary/aromatic N) is 3. The molecule has 0 spiro atoms. The molecular formula is C14H20N4O. The van der Waals surface area contributed by atoms with Crippen molar-refractivity contribution in [3.63, 3.8) is 0 Å². The van der Waals surface area contributed by atoms with Crippen molar-refractivity contribution in [2.75, 3.05) is 13.2 Å². The molecule has 0 aliphatic carbocycles. The normalized spacial score (nSPS) is 19.9. The van der Waals surface area contributed by atoms with Crippen molar-refractivity contribution in [2.45, 2.75) is 38.3 Å². The van der Waals surface area contributed by atoms with E-state index in [1.807, 2.05) is 12.1 Å². The second-order valence-corrected chi connectivity index (χ2v) is 5.11. The predicted molar refractivity (Wildman–Crippen MR) is 74.0 cm³/mol. The summed E-state index contributed by atoms with van der Waals surface area (Å²) in [6.45, 7) is 2.12. The number of imidazole rings is 1. The van der Waals surface area contributed by atoms with E-state index in [9.17, 15) is 5.11 Å². The van der Waals surface area contributed by atoms with Crippen molar-refractivity contribution >= 4 is 11.2 Å². The summed E-state index contributed by atoms with van der Waals surface area (Å²) in [4.78, 5) is 9.02. The fourth-order valence-electron chi connectivity index (χ4n) is 2.79. The molecule has 5 heteroatoms. The first-order valence-electron chi connectivity index (χ1n) is 7.03. The van der Waals surface area contributed by atoms with Gasteiger partial charge in [-0.1, -0.05) is 6.42 Å². The van der Waals surface area contributed by atoms with Crippen molar-refractivity contribution in [2.24, 2.45) is 0 Å². The minimum atomic E-state index is 0.126. The summed E-state index contributed by atoms with van der Waals surface area (Å²) >= 11 is 0. The van der Waals surface area contributed by atoms with Crippen LogP contribution in [0.2, 0.25) is 0 Å². The number of hydrogen-bond acceptors (Lipinski definition) is 4. The highest BCUT2D eigenvalue weighted by Crippen LogP contribution is 2.17. The Hall–Kier alpha value is -1.46. The minimum absolute atomic E-state index is 0.126. The second-order valence-electron chi connectivity index (χ2n) is 5.11. The average molecular weight is 260 g/mol. The molecule has 102 valence electrons. The van der Waals surface area contributed by atoms with E-state index < -0.39 is 0 Å². The summed E-state index contributed by atoms with van der Waals surface area (Å²) in [6, 6.07) is 4.38. The van der Waals surface area contributed by atoms with Gasteiger partial charge in [-0.15, -0.1) is 0 Å². The van der Waals surface area contributed by atoms with Gasteiger partial charge in [0, 0.05) is 25.2 Å². The first-order valence-corrected chi connectivity index (χ1v) is 7.03. The van der Waals surface area contributed by atoms with Gasteiger partial charge in [-0.25, -0.2) is 9.97 Å². The third kappa shape index (κ3) is 2.62. The Kier molecular flexibility index (Phi) is 3.75. The number of fused-ring (bicyclic) bond motifs is 1. The quantitative estimate of drug-likeness (QED) is 0.864. The largest absolute Gasteiger partial charge is 0.396 e. The van der Waals surface area contributed by atoms with Crippen LogP contribution in [0.5, 0.6) is 0 Å². The number of piperidine rings is 1. The van der Waals surface area contributed by atoms with Crippen molar-refractivity contribution in [1.29, 1.82) is 0 Å².